The third kappa shape index (κ3) is 5.27. The van der Waals surface area contributed by atoms with Gasteiger partial charge in [-0.15, -0.1) is 0 Å². The number of hydrogen-bond acceptors (Lipinski definition) is 3. The number of carbonyl (C=O) groups is 1. The first kappa shape index (κ1) is 20.2. The van der Waals surface area contributed by atoms with Gasteiger partial charge in [-0.25, -0.2) is 0 Å². The normalized spacial score (nSPS) is 15.0. The number of hydrogen-bond donors (Lipinski definition) is 1. The lowest BCUT2D eigenvalue weighted by Gasteiger charge is -2.31. The Morgan fingerprint density at radius 2 is 1.86 bits per heavy atom. The van der Waals surface area contributed by atoms with Gasteiger partial charge in [0.2, 0.25) is 5.91 Å². The van der Waals surface area contributed by atoms with Crippen LogP contribution in [0.5, 0.6) is 11.5 Å². The molecule has 1 aliphatic rings. The number of nitrogens with zero attached hydrogens (tertiary/aromatic N) is 1. The Morgan fingerprint density at radius 3 is 2.54 bits per heavy atom. The summed E-state index contributed by atoms with van der Waals surface area (Å²) in [5.74, 6) is 1.36. The van der Waals surface area contributed by atoms with Crippen LogP contribution in [0.15, 0.2) is 48.5 Å². The van der Waals surface area contributed by atoms with Gasteiger partial charge in [-0.2, -0.15) is 0 Å². The van der Waals surface area contributed by atoms with Gasteiger partial charge in [0.25, 0.3) is 0 Å². The molecule has 0 unspecified atom stereocenters. The molecule has 148 valence electrons. The fourth-order valence-electron chi connectivity index (χ4n) is 3.39. The summed E-state index contributed by atoms with van der Waals surface area (Å²) in [4.78, 5) is 15.9. The summed E-state index contributed by atoms with van der Waals surface area (Å²) < 4.78 is 10.5. The average Bonchev–Trinajstić information content (AvgIpc) is 2.72. The van der Waals surface area contributed by atoms with Crippen LogP contribution < -0.4 is 14.4 Å². The van der Waals surface area contributed by atoms with Crippen molar-refractivity contribution in [3.63, 3.8) is 0 Å². The van der Waals surface area contributed by atoms with E-state index < -0.39 is 0 Å². The Labute approximate surface area is 171 Å². The number of benzene rings is 2. The summed E-state index contributed by atoms with van der Waals surface area (Å²) in [5, 5.41) is 0.769. The first-order valence-electron chi connectivity index (χ1n) is 9.36. The Kier molecular flexibility index (Phi) is 6.95. The first-order valence-corrected chi connectivity index (χ1v) is 9.74. The van der Waals surface area contributed by atoms with Crippen LogP contribution in [0.4, 0.5) is 0 Å². The third-order valence-corrected chi connectivity index (χ3v) is 5.19. The summed E-state index contributed by atoms with van der Waals surface area (Å²) in [6.45, 7) is 4.31. The largest absolute Gasteiger partial charge is 0.493 e. The van der Waals surface area contributed by atoms with Crippen LogP contribution in [0.2, 0.25) is 5.02 Å². The van der Waals surface area contributed by atoms with E-state index in [0.29, 0.717) is 11.5 Å². The maximum Gasteiger partial charge on any atom is 0.246 e. The van der Waals surface area contributed by atoms with Crippen molar-refractivity contribution in [1.82, 2.24) is 4.90 Å². The predicted molar refractivity (Wildman–Crippen MR) is 111 cm³/mol. The molecule has 0 bridgehead atoms. The van der Waals surface area contributed by atoms with E-state index in [0.717, 1.165) is 43.3 Å². The minimum absolute atomic E-state index is 0.0385. The number of amides is 1. The van der Waals surface area contributed by atoms with E-state index in [1.54, 1.807) is 20.3 Å². The summed E-state index contributed by atoms with van der Waals surface area (Å²) in [5.41, 5.74) is 2.13. The number of nitrogens with one attached hydrogen (secondary N) is 1. The topological polar surface area (TPSA) is 43.2 Å². The number of carbonyl (C=O) groups excluding carboxylic acids is 1. The summed E-state index contributed by atoms with van der Waals surface area (Å²) in [7, 11) is 3.20. The van der Waals surface area contributed by atoms with Gasteiger partial charge in [0.15, 0.2) is 11.5 Å². The first-order chi connectivity index (χ1) is 13.6. The second-order valence-electron chi connectivity index (χ2n) is 6.83. The van der Waals surface area contributed by atoms with Crippen LogP contribution in [0.3, 0.4) is 0 Å². The molecule has 5 nitrogen and oxygen atoms in total. The zero-order valence-electron chi connectivity index (χ0n) is 16.3. The number of methoxy groups -OCH3 is 2. The van der Waals surface area contributed by atoms with Crippen LogP contribution in [0.1, 0.15) is 11.1 Å². The van der Waals surface area contributed by atoms with Gasteiger partial charge < -0.3 is 19.3 Å². The van der Waals surface area contributed by atoms with Crippen LogP contribution in [0.25, 0.3) is 6.08 Å². The lowest BCUT2D eigenvalue weighted by Crippen LogP contribution is -3.13. The number of halogens is 1. The van der Waals surface area contributed by atoms with Gasteiger partial charge in [-0.3, -0.25) is 4.79 Å². The van der Waals surface area contributed by atoms with Gasteiger partial charge >= 0.3 is 0 Å². The highest BCUT2D eigenvalue weighted by Crippen LogP contribution is 2.27. The Morgan fingerprint density at radius 1 is 1.11 bits per heavy atom. The molecule has 2 aromatic rings. The van der Waals surface area contributed by atoms with Crippen molar-refractivity contribution >= 4 is 23.6 Å². The minimum Gasteiger partial charge on any atom is -0.493 e. The van der Waals surface area contributed by atoms with Crippen molar-refractivity contribution in [2.75, 3.05) is 40.4 Å². The van der Waals surface area contributed by atoms with Gasteiger partial charge in [0.05, 0.1) is 40.4 Å². The van der Waals surface area contributed by atoms with E-state index in [1.165, 1.54) is 10.5 Å². The van der Waals surface area contributed by atoms with E-state index in [-0.39, 0.29) is 5.91 Å². The molecule has 0 atom stereocenters. The summed E-state index contributed by atoms with van der Waals surface area (Å²) in [6.07, 6.45) is 3.44. The zero-order valence-corrected chi connectivity index (χ0v) is 17.0. The fourth-order valence-corrected chi connectivity index (χ4v) is 3.60. The average molecular weight is 402 g/mol. The standard InChI is InChI=1S/C22H25ClN2O3/c1-27-20-8-6-17(15-21(20)28-2)7-9-22(26)25-12-10-24(11-13-25)16-18-4-3-5-19(23)14-18/h3-9,14-15H,10-13,16H2,1-2H3/p+1/b9-7+. The van der Waals surface area contributed by atoms with Gasteiger partial charge in [0, 0.05) is 16.7 Å². The molecule has 0 spiro atoms. The van der Waals surface area contributed by atoms with Gasteiger partial charge in [-0.1, -0.05) is 29.8 Å². The van der Waals surface area contributed by atoms with Crippen LogP contribution in [0, 0.1) is 0 Å². The van der Waals surface area contributed by atoms with Crippen molar-refractivity contribution in [3.8, 4) is 11.5 Å². The van der Waals surface area contributed by atoms with E-state index in [9.17, 15) is 4.79 Å². The SMILES string of the molecule is COc1ccc(/C=C/C(=O)N2CC[NH+](Cc3cccc(Cl)c3)CC2)cc1OC. The smallest absolute Gasteiger partial charge is 0.246 e. The molecule has 0 radical (unpaired) electrons. The van der Waals surface area contributed by atoms with Crippen molar-refractivity contribution in [2.24, 2.45) is 0 Å². The molecule has 6 heteroatoms. The molecule has 1 N–H and O–H groups in total. The maximum atomic E-state index is 12.5. The van der Waals surface area contributed by atoms with Crippen molar-refractivity contribution in [1.29, 1.82) is 0 Å². The molecule has 0 aromatic heterocycles. The van der Waals surface area contributed by atoms with E-state index >= 15 is 0 Å². The second-order valence-corrected chi connectivity index (χ2v) is 7.27. The predicted octanol–water partition coefficient (Wildman–Crippen LogP) is 2.30. The lowest BCUT2D eigenvalue weighted by molar-refractivity contribution is -0.917. The highest BCUT2D eigenvalue weighted by molar-refractivity contribution is 6.30. The fraction of sp³-hybridized carbons (Fsp3) is 0.318. The second kappa shape index (κ2) is 9.62. The Bertz CT molecular complexity index is 845. The van der Waals surface area contributed by atoms with Crippen LogP contribution >= 0.6 is 11.6 Å². The monoisotopic (exact) mass is 401 g/mol. The minimum atomic E-state index is 0.0385. The number of piperazine rings is 1. The van der Waals surface area contributed by atoms with E-state index in [1.807, 2.05) is 47.4 Å². The third-order valence-electron chi connectivity index (χ3n) is 4.95. The molecule has 1 fully saturated rings. The quantitative estimate of drug-likeness (QED) is 0.755. The zero-order chi connectivity index (χ0) is 19.9. The Balaban J connectivity index is 1.53. The molecule has 3 rings (SSSR count). The molecule has 1 saturated heterocycles. The Hall–Kier alpha value is -2.50. The number of rotatable bonds is 6. The molecule has 0 aliphatic carbocycles. The number of ether oxygens (including phenoxy) is 2. The molecule has 28 heavy (non-hydrogen) atoms. The number of quaternary nitrogens is 1. The van der Waals surface area contributed by atoms with E-state index in [4.69, 9.17) is 21.1 Å². The maximum absolute atomic E-state index is 12.5. The molecule has 1 amide bonds. The molecule has 1 heterocycles. The summed E-state index contributed by atoms with van der Waals surface area (Å²) >= 11 is 6.06. The highest BCUT2D eigenvalue weighted by Gasteiger charge is 2.22. The molecule has 0 saturated carbocycles. The van der Waals surface area contributed by atoms with Crippen molar-refractivity contribution in [3.05, 3.63) is 64.7 Å². The molecule has 2 aromatic carbocycles. The molecular formula is C22H26ClN2O3+. The highest BCUT2D eigenvalue weighted by atomic mass is 35.5. The van der Waals surface area contributed by atoms with E-state index in [2.05, 4.69) is 6.07 Å². The van der Waals surface area contributed by atoms with Gasteiger partial charge in [-0.05, 0) is 35.9 Å². The molecule has 1 aliphatic heterocycles. The lowest BCUT2D eigenvalue weighted by atomic mass is 10.1. The van der Waals surface area contributed by atoms with Gasteiger partial charge in [0.1, 0.15) is 6.54 Å². The summed E-state index contributed by atoms with van der Waals surface area (Å²) in [6, 6.07) is 13.6. The van der Waals surface area contributed by atoms with Crippen molar-refractivity contribution in [2.45, 2.75) is 6.54 Å². The molecular weight excluding hydrogens is 376 g/mol. The van der Waals surface area contributed by atoms with Crippen LogP contribution in [-0.4, -0.2) is 51.2 Å². The van der Waals surface area contributed by atoms with Crippen LogP contribution in [-0.2, 0) is 11.3 Å². The van der Waals surface area contributed by atoms with Crippen molar-refractivity contribution < 1.29 is 19.2 Å².